The summed E-state index contributed by atoms with van der Waals surface area (Å²) in [6.45, 7) is 0.616. The molecule has 1 aliphatic carbocycles. The first-order valence-corrected chi connectivity index (χ1v) is 11.0. The van der Waals surface area contributed by atoms with E-state index in [-0.39, 0.29) is 5.91 Å². The minimum absolute atomic E-state index is 0.1000. The third-order valence-electron chi connectivity index (χ3n) is 4.76. The van der Waals surface area contributed by atoms with Gasteiger partial charge in [-0.15, -0.1) is 10.2 Å². The Balaban J connectivity index is 1.47. The van der Waals surface area contributed by atoms with Crippen molar-refractivity contribution in [1.82, 2.24) is 20.1 Å². The van der Waals surface area contributed by atoms with Crippen LogP contribution in [-0.4, -0.2) is 33.5 Å². The van der Waals surface area contributed by atoms with Crippen molar-refractivity contribution in [3.8, 4) is 0 Å². The summed E-state index contributed by atoms with van der Waals surface area (Å²) in [5.41, 5.74) is 0.909. The molecule has 0 bridgehead atoms. The molecule has 0 saturated heterocycles. The van der Waals surface area contributed by atoms with E-state index in [4.69, 9.17) is 11.6 Å². The minimum Gasteiger partial charge on any atom is -0.353 e. The van der Waals surface area contributed by atoms with Crippen LogP contribution in [0.3, 0.4) is 0 Å². The van der Waals surface area contributed by atoms with Crippen LogP contribution in [0.15, 0.2) is 35.5 Å². The first-order chi connectivity index (χ1) is 13.2. The fourth-order valence-corrected chi connectivity index (χ4v) is 4.22. The molecule has 7 heteroatoms. The van der Waals surface area contributed by atoms with Gasteiger partial charge in [-0.25, -0.2) is 0 Å². The van der Waals surface area contributed by atoms with Crippen LogP contribution in [-0.2, 0) is 11.2 Å². The number of carbonyl (C=O) groups excluding carboxylic acids is 1. The number of aromatic nitrogens is 3. The van der Waals surface area contributed by atoms with E-state index in [0.717, 1.165) is 29.4 Å². The molecule has 144 valence electrons. The highest BCUT2D eigenvalue weighted by Crippen LogP contribution is 2.33. The second-order valence-corrected chi connectivity index (χ2v) is 7.90. The Bertz CT molecular complexity index is 799. The summed E-state index contributed by atoms with van der Waals surface area (Å²) < 4.78 is 2.32. The molecular weight excluding hydrogens is 380 g/mol. The zero-order valence-electron chi connectivity index (χ0n) is 15.5. The number of rotatable bonds is 8. The quantitative estimate of drug-likeness (QED) is 0.399. The lowest BCUT2D eigenvalue weighted by atomic mass is 10.2. The van der Waals surface area contributed by atoms with Gasteiger partial charge >= 0.3 is 0 Å². The van der Waals surface area contributed by atoms with E-state index in [9.17, 15) is 4.79 Å². The van der Waals surface area contributed by atoms with Gasteiger partial charge in [-0.2, -0.15) is 0 Å². The molecule has 1 saturated carbocycles. The molecule has 1 fully saturated rings. The lowest BCUT2D eigenvalue weighted by Gasteiger charge is -2.16. The van der Waals surface area contributed by atoms with Crippen molar-refractivity contribution in [2.24, 2.45) is 0 Å². The Morgan fingerprint density at radius 2 is 2.19 bits per heavy atom. The van der Waals surface area contributed by atoms with E-state index in [1.54, 1.807) is 23.9 Å². The van der Waals surface area contributed by atoms with Crippen molar-refractivity contribution in [1.29, 1.82) is 0 Å². The number of carbonyl (C=O) groups is 1. The largest absolute Gasteiger partial charge is 0.353 e. The predicted molar refractivity (Wildman–Crippen MR) is 111 cm³/mol. The summed E-state index contributed by atoms with van der Waals surface area (Å²) in [4.78, 5) is 12.0. The van der Waals surface area contributed by atoms with E-state index in [1.165, 1.54) is 25.7 Å². The van der Waals surface area contributed by atoms with Crippen molar-refractivity contribution in [2.75, 3.05) is 12.8 Å². The van der Waals surface area contributed by atoms with Crippen LogP contribution < -0.4 is 5.32 Å². The van der Waals surface area contributed by atoms with Crippen LogP contribution in [0.25, 0.3) is 6.08 Å². The number of thioether (sulfide) groups is 1. The molecule has 0 atom stereocenters. The summed E-state index contributed by atoms with van der Waals surface area (Å²) in [6.07, 6.45) is 12.0. The first kappa shape index (κ1) is 20.0. The average molecular weight is 405 g/mol. The lowest BCUT2D eigenvalue weighted by molar-refractivity contribution is -0.116. The lowest BCUT2D eigenvalue weighted by Crippen LogP contribution is -2.23. The summed E-state index contributed by atoms with van der Waals surface area (Å²) in [5.74, 6) is 0.937. The molecule has 2 aromatic rings. The number of hydrogen-bond donors (Lipinski definition) is 1. The number of halogens is 1. The van der Waals surface area contributed by atoms with Gasteiger partial charge in [0.05, 0.1) is 0 Å². The molecule has 0 spiro atoms. The zero-order chi connectivity index (χ0) is 19.1. The second-order valence-electron chi connectivity index (χ2n) is 6.69. The normalized spacial score (nSPS) is 14.9. The fourth-order valence-electron chi connectivity index (χ4n) is 3.45. The molecule has 1 aliphatic rings. The van der Waals surface area contributed by atoms with Gasteiger partial charge in [0.25, 0.3) is 0 Å². The topological polar surface area (TPSA) is 59.8 Å². The van der Waals surface area contributed by atoms with Crippen LogP contribution in [0.4, 0.5) is 0 Å². The molecule has 0 radical (unpaired) electrons. The third kappa shape index (κ3) is 5.59. The Labute approximate surface area is 169 Å². The van der Waals surface area contributed by atoms with E-state index in [2.05, 4.69) is 20.1 Å². The summed E-state index contributed by atoms with van der Waals surface area (Å²) >= 11 is 7.60. The van der Waals surface area contributed by atoms with Gasteiger partial charge in [-0.3, -0.25) is 4.79 Å². The van der Waals surface area contributed by atoms with Crippen molar-refractivity contribution < 1.29 is 4.79 Å². The maximum Gasteiger partial charge on any atom is 0.243 e. The molecule has 1 aromatic heterocycles. The van der Waals surface area contributed by atoms with Crippen LogP contribution in [0, 0.1) is 0 Å². The Morgan fingerprint density at radius 3 is 2.93 bits per heavy atom. The van der Waals surface area contributed by atoms with Crippen molar-refractivity contribution >= 4 is 35.3 Å². The Hall–Kier alpha value is -1.79. The van der Waals surface area contributed by atoms with Gasteiger partial charge in [0.1, 0.15) is 5.82 Å². The SMILES string of the molecule is CSc1nnc(CCCNC(=O)/C=C/c2cccc(Cl)c2)n1C1CCCC1. The van der Waals surface area contributed by atoms with Crippen LogP contribution in [0.1, 0.15) is 49.5 Å². The maximum atomic E-state index is 12.0. The van der Waals surface area contributed by atoms with Crippen LogP contribution in [0.2, 0.25) is 5.02 Å². The van der Waals surface area contributed by atoms with Crippen molar-refractivity contribution in [2.45, 2.75) is 49.7 Å². The number of amides is 1. The fraction of sp³-hybridized carbons (Fsp3) is 0.450. The second kappa shape index (κ2) is 9.95. The van der Waals surface area contributed by atoms with Gasteiger partial charge in [0.2, 0.25) is 5.91 Å². The molecule has 1 aromatic carbocycles. The summed E-state index contributed by atoms with van der Waals surface area (Å²) in [5, 5.41) is 13.3. The van der Waals surface area contributed by atoms with Crippen LogP contribution >= 0.6 is 23.4 Å². The minimum atomic E-state index is -0.1000. The summed E-state index contributed by atoms with van der Waals surface area (Å²) in [7, 11) is 0. The van der Waals surface area contributed by atoms with E-state index >= 15 is 0 Å². The first-order valence-electron chi connectivity index (χ1n) is 9.36. The average Bonchev–Trinajstić information content (AvgIpc) is 3.32. The van der Waals surface area contributed by atoms with E-state index in [1.807, 2.05) is 30.5 Å². The highest BCUT2D eigenvalue weighted by Gasteiger charge is 2.23. The number of nitrogens with zero attached hydrogens (tertiary/aromatic N) is 3. The highest BCUT2D eigenvalue weighted by molar-refractivity contribution is 7.98. The standard InChI is InChI=1S/C20H25ClN4OS/c1-27-20-24-23-18(25(20)17-8-2-3-9-17)10-5-13-22-19(26)12-11-15-6-4-7-16(21)14-15/h4,6-7,11-12,14,17H,2-3,5,8-10,13H2,1H3,(H,22,26)/b12-11+. The van der Waals surface area contributed by atoms with E-state index in [0.29, 0.717) is 17.6 Å². The number of aryl methyl sites for hydroxylation is 1. The van der Waals surface area contributed by atoms with Gasteiger partial charge in [-0.1, -0.05) is 48.3 Å². The third-order valence-corrected chi connectivity index (χ3v) is 5.64. The van der Waals surface area contributed by atoms with Crippen molar-refractivity contribution in [3.05, 3.63) is 46.8 Å². The summed E-state index contributed by atoms with van der Waals surface area (Å²) in [6, 6.07) is 7.95. The maximum absolute atomic E-state index is 12.0. The number of nitrogens with one attached hydrogen (secondary N) is 1. The Morgan fingerprint density at radius 1 is 1.37 bits per heavy atom. The molecule has 0 unspecified atom stereocenters. The number of benzene rings is 1. The predicted octanol–water partition coefficient (Wildman–Crippen LogP) is 4.53. The van der Waals surface area contributed by atoms with Gasteiger partial charge in [0.15, 0.2) is 5.16 Å². The molecular formula is C20H25ClN4OS. The van der Waals surface area contributed by atoms with Gasteiger partial charge in [0, 0.05) is 30.1 Å². The molecule has 1 heterocycles. The molecule has 3 rings (SSSR count). The van der Waals surface area contributed by atoms with Crippen LogP contribution in [0.5, 0.6) is 0 Å². The zero-order valence-corrected chi connectivity index (χ0v) is 17.1. The van der Waals surface area contributed by atoms with Gasteiger partial charge < -0.3 is 9.88 Å². The number of hydrogen-bond acceptors (Lipinski definition) is 4. The monoisotopic (exact) mass is 404 g/mol. The molecule has 27 heavy (non-hydrogen) atoms. The molecule has 1 amide bonds. The van der Waals surface area contributed by atoms with Crippen molar-refractivity contribution in [3.63, 3.8) is 0 Å². The molecule has 1 N–H and O–H groups in total. The highest BCUT2D eigenvalue weighted by atomic mass is 35.5. The van der Waals surface area contributed by atoms with E-state index < -0.39 is 0 Å². The molecule has 5 nitrogen and oxygen atoms in total. The van der Waals surface area contributed by atoms with Gasteiger partial charge in [-0.05, 0) is 49.3 Å². The smallest absolute Gasteiger partial charge is 0.243 e. The Kier molecular flexibility index (Phi) is 7.35. The molecule has 0 aliphatic heterocycles.